The van der Waals surface area contributed by atoms with Crippen molar-refractivity contribution in [3.63, 3.8) is 0 Å². The van der Waals surface area contributed by atoms with Gasteiger partial charge in [0.15, 0.2) is 24.4 Å². The summed E-state index contributed by atoms with van der Waals surface area (Å²) in [7, 11) is 0. The van der Waals surface area contributed by atoms with E-state index >= 15 is 0 Å². The fraction of sp³-hybridized carbons (Fsp3) is 0.724. The molecular formula is C29H38Cl3NO17. The minimum atomic E-state index is -2.45. The minimum absolute atomic E-state index is 0.262. The van der Waals surface area contributed by atoms with Crippen LogP contribution in [0.2, 0.25) is 0 Å². The van der Waals surface area contributed by atoms with E-state index in [1.54, 1.807) is 0 Å². The molecule has 1 aliphatic carbocycles. The molecule has 0 bridgehead atoms. The summed E-state index contributed by atoms with van der Waals surface area (Å²) >= 11 is 17.4. The highest BCUT2D eigenvalue weighted by molar-refractivity contribution is 6.76. The average Bonchev–Trinajstić information content (AvgIpc) is 2.95. The van der Waals surface area contributed by atoms with Gasteiger partial charge in [-0.05, 0) is 6.42 Å². The molecule has 0 spiro atoms. The molecule has 2 aliphatic rings. The molecule has 282 valence electrons. The molecule has 2 fully saturated rings. The maximum atomic E-state index is 12.4. The zero-order valence-corrected chi connectivity index (χ0v) is 30.2. The number of carbonyl (C=O) groups is 7. The highest BCUT2D eigenvalue weighted by atomic mass is 35.6. The van der Waals surface area contributed by atoms with Crippen molar-refractivity contribution in [1.29, 1.82) is 5.41 Å². The maximum absolute atomic E-state index is 12.4. The van der Waals surface area contributed by atoms with Gasteiger partial charge in [0, 0.05) is 54.4 Å². The summed E-state index contributed by atoms with van der Waals surface area (Å²) in [5, 5.41) is 8.11. The molecule has 10 atom stereocenters. The second kappa shape index (κ2) is 18.7. The molecular weight excluding hydrogens is 741 g/mol. The molecule has 1 N–H and O–H groups in total. The van der Waals surface area contributed by atoms with Gasteiger partial charge in [0.25, 0.3) is 3.79 Å². The van der Waals surface area contributed by atoms with E-state index in [2.05, 4.69) is 0 Å². The van der Waals surface area contributed by atoms with Gasteiger partial charge in [-0.25, -0.2) is 0 Å². The average molecular weight is 779 g/mol. The summed E-state index contributed by atoms with van der Waals surface area (Å²) in [5.41, 5.74) is 0. The predicted octanol–water partition coefficient (Wildman–Crippen LogP) is 1.63. The first-order chi connectivity index (χ1) is 23.1. The summed E-state index contributed by atoms with van der Waals surface area (Å²) in [5.74, 6) is -7.95. The Morgan fingerprint density at radius 1 is 0.580 bits per heavy atom. The first kappa shape index (κ1) is 42.7. The zero-order chi connectivity index (χ0) is 38.1. The van der Waals surface area contributed by atoms with Gasteiger partial charge in [-0.2, -0.15) is 0 Å². The van der Waals surface area contributed by atoms with Crippen LogP contribution >= 0.6 is 34.8 Å². The third kappa shape index (κ3) is 13.0. The van der Waals surface area contributed by atoms with E-state index in [0.29, 0.717) is 0 Å². The van der Waals surface area contributed by atoms with E-state index in [4.69, 9.17) is 87.6 Å². The number of hydrogen-bond acceptors (Lipinski definition) is 18. The van der Waals surface area contributed by atoms with E-state index in [1.165, 1.54) is 0 Å². The molecule has 1 saturated heterocycles. The Balaban J connectivity index is 2.81. The third-order valence-electron chi connectivity index (χ3n) is 6.89. The van der Waals surface area contributed by atoms with Gasteiger partial charge in [0.1, 0.15) is 24.9 Å². The van der Waals surface area contributed by atoms with Crippen molar-refractivity contribution in [3.8, 4) is 0 Å². The van der Waals surface area contributed by atoms with Crippen LogP contribution in [0.15, 0.2) is 0 Å². The van der Waals surface area contributed by atoms with Crippen LogP contribution in [-0.2, 0) is 80.9 Å². The summed E-state index contributed by atoms with van der Waals surface area (Å²) in [4.78, 5) is 85.3. The molecule has 0 aromatic rings. The molecule has 50 heavy (non-hydrogen) atoms. The normalized spacial score (nSPS) is 29.3. The Hall–Kier alpha value is -3.45. The monoisotopic (exact) mass is 777 g/mol. The van der Waals surface area contributed by atoms with Gasteiger partial charge in [-0.1, -0.05) is 34.8 Å². The predicted molar refractivity (Wildman–Crippen MR) is 166 cm³/mol. The molecule has 0 radical (unpaired) electrons. The summed E-state index contributed by atoms with van der Waals surface area (Å²) in [6.45, 7) is 6.35. The van der Waals surface area contributed by atoms with Crippen LogP contribution in [-0.4, -0.2) is 120 Å². The van der Waals surface area contributed by atoms with Gasteiger partial charge in [-0.15, -0.1) is 0 Å². The first-order valence-corrected chi connectivity index (χ1v) is 16.0. The molecule has 0 aromatic heterocycles. The zero-order valence-electron chi connectivity index (χ0n) is 28.0. The van der Waals surface area contributed by atoms with Crippen LogP contribution < -0.4 is 0 Å². The Kier molecular flexibility index (Phi) is 16.0. The van der Waals surface area contributed by atoms with Crippen molar-refractivity contribution in [1.82, 2.24) is 0 Å². The number of rotatable bonds is 12. The van der Waals surface area contributed by atoms with Crippen molar-refractivity contribution in [2.24, 2.45) is 5.92 Å². The van der Waals surface area contributed by atoms with Gasteiger partial charge in [0.05, 0.1) is 12.7 Å². The van der Waals surface area contributed by atoms with Crippen LogP contribution in [0.4, 0.5) is 0 Å². The van der Waals surface area contributed by atoms with Crippen molar-refractivity contribution >= 4 is 82.5 Å². The largest absolute Gasteiger partial charge is 0.465 e. The lowest BCUT2D eigenvalue weighted by Gasteiger charge is -2.49. The Labute approximate surface area is 301 Å². The van der Waals surface area contributed by atoms with Gasteiger partial charge < -0.3 is 47.4 Å². The fourth-order valence-electron chi connectivity index (χ4n) is 5.27. The van der Waals surface area contributed by atoms with E-state index in [-0.39, 0.29) is 6.42 Å². The molecule has 1 saturated carbocycles. The fourth-order valence-corrected chi connectivity index (χ4v) is 5.40. The molecule has 18 nitrogen and oxygen atoms in total. The Morgan fingerprint density at radius 2 is 1.02 bits per heavy atom. The molecule has 1 aliphatic heterocycles. The molecule has 2 rings (SSSR count). The standard InChI is InChI=1S/C29H38Cl3NO17/c1-11(34)41-9-18-8-19(22(44-14(4)37)24(46-16(6)39)21(18)43-13(3)36)48-25-23(45-15(5)38)20(10-42-12(2)35)49-27(26(25)47-17(7)40)50-28(33)29(30,31)32/h18-27,33H,8-10H2,1-7H3. The van der Waals surface area contributed by atoms with Gasteiger partial charge in [-0.3, -0.25) is 39.0 Å². The molecule has 0 amide bonds. The van der Waals surface area contributed by atoms with Crippen molar-refractivity contribution in [2.45, 2.75) is 114 Å². The SMILES string of the molecule is CC(=O)OCC1CC(OC2C(OC(C)=O)C(COC(C)=O)OC(OC(=N)C(Cl)(Cl)Cl)C2OC(C)=O)C(OC(C)=O)C(OC(C)=O)C1OC(C)=O. The number of esters is 7. The quantitative estimate of drug-likeness (QED) is 0.0974. The Morgan fingerprint density at radius 3 is 1.50 bits per heavy atom. The highest BCUT2D eigenvalue weighted by Crippen LogP contribution is 2.39. The number of hydrogen-bond donors (Lipinski definition) is 1. The van der Waals surface area contributed by atoms with Crippen LogP contribution in [0, 0.1) is 11.3 Å². The minimum Gasteiger partial charge on any atom is -0.465 e. The number of nitrogens with one attached hydrogen (secondary N) is 1. The second-order valence-electron chi connectivity index (χ2n) is 11.1. The lowest BCUT2D eigenvalue weighted by Crippen LogP contribution is -2.66. The van der Waals surface area contributed by atoms with Crippen molar-refractivity contribution < 1.29 is 80.9 Å². The highest BCUT2D eigenvalue weighted by Gasteiger charge is 2.57. The van der Waals surface area contributed by atoms with E-state index < -0.39 is 126 Å². The molecule has 10 unspecified atom stereocenters. The number of halogens is 3. The molecule has 1 heterocycles. The van der Waals surface area contributed by atoms with Crippen LogP contribution in [0.25, 0.3) is 0 Å². The van der Waals surface area contributed by atoms with Crippen LogP contribution in [0.1, 0.15) is 54.9 Å². The summed E-state index contributed by atoms with van der Waals surface area (Å²) in [6.07, 6.45) is -14.5. The Bertz CT molecular complexity index is 1310. The van der Waals surface area contributed by atoms with Gasteiger partial charge in [0.2, 0.25) is 12.2 Å². The number of alkyl halides is 3. The first-order valence-electron chi connectivity index (χ1n) is 14.9. The summed E-state index contributed by atoms with van der Waals surface area (Å²) in [6, 6.07) is 0. The van der Waals surface area contributed by atoms with Crippen molar-refractivity contribution in [3.05, 3.63) is 0 Å². The van der Waals surface area contributed by atoms with Crippen molar-refractivity contribution in [2.75, 3.05) is 13.2 Å². The topological polar surface area (TPSA) is 236 Å². The van der Waals surface area contributed by atoms with Crippen LogP contribution in [0.3, 0.4) is 0 Å². The smallest absolute Gasteiger partial charge is 0.303 e. The summed E-state index contributed by atoms with van der Waals surface area (Å²) < 4.78 is 53.1. The van der Waals surface area contributed by atoms with Crippen LogP contribution in [0.5, 0.6) is 0 Å². The van der Waals surface area contributed by atoms with E-state index in [0.717, 1.165) is 48.5 Å². The number of carbonyl (C=O) groups excluding carboxylic acids is 7. The third-order valence-corrected chi connectivity index (χ3v) is 7.40. The van der Waals surface area contributed by atoms with Gasteiger partial charge >= 0.3 is 41.8 Å². The lowest BCUT2D eigenvalue weighted by atomic mass is 9.80. The number of ether oxygens (including phenoxy) is 10. The van der Waals surface area contributed by atoms with E-state index in [9.17, 15) is 33.6 Å². The molecule has 0 aromatic carbocycles. The maximum Gasteiger partial charge on any atom is 0.303 e. The second-order valence-corrected chi connectivity index (χ2v) is 13.4. The molecule has 21 heteroatoms. The van der Waals surface area contributed by atoms with E-state index in [1.807, 2.05) is 0 Å². The lowest BCUT2D eigenvalue weighted by molar-refractivity contribution is -0.312.